The summed E-state index contributed by atoms with van der Waals surface area (Å²) in [5.74, 6) is 0. The van der Waals surface area contributed by atoms with Crippen LogP contribution in [0, 0.1) is 0 Å². The van der Waals surface area contributed by atoms with Crippen LogP contribution in [-0.4, -0.2) is 26.6 Å². The second-order valence-corrected chi connectivity index (χ2v) is 7.63. The third-order valence-electron chi connectivity index (χ3n) is 2.93. The van der Waals surface area contributed by atoms with E-state index in [0.717, 1.165) is 5.54 Å². The molecule has 0 aromatic heterocycles. The van der Waals surface area contributed by atoms with Crippen molar-refractivity contribution in [3.05, 3.63) is 0 Å². The molecule has 0 aromatic rings. The van der Waals surface area contributed by atoms with Gasteiger partial charge in [-0.25, -0.2) is 0 Å². The summed E-state index contributed by atoms with van der Waals surface area (Å²) in [7, 11) is -0.523. The summed E-state index contributed by atoms with van der Waals surface area (Å²) < 4.78 is 2.77. The molecular formula is C9H21NSi. The lowest BCUT2D eigenvalue weighted by molar-refractivity contribution is 0.349. The van der Waals surface area contributed by atoms with Crippen LogP contribution < -0.4 is 0 Å². The predicted octanol–water partition coefficient (Wildman–Crippen LogP) is 2.24. The van der Waals surface area contributed by atoms with Gasteiger partial charge >= 0.3 is 0 Å². The van der Waals surface area contributed by atoms with Crippen LogP contribution in [0.2, 0.25) is 12.1 Å². The molecule has 1 aliphatic heterocycles. The van der Waals surface area contributed by atoms with Gasteiger partial charge in [0.15, 0.2) is 0 Å². The van der Waals surface area contributed by atoms with E-state index in [0.29, 0.717) is 0 Å². The molecular weight excluding hydrogens is 150 g/mol. The van der Waals surface area contributed by atoms with E-state index in [2.05, 4.69) is 25.0 Å². The third-order valence-corrected chi connectivity index (χ3v) is 6.53. The minimum Gasteiger partial charge on any atom is -0.326 e. The van der Waals surface area contributed by atoms with Gasteiger partial charge in [0.05, 0.1) is 0 Å². The number of nitrogens with zero attached hydrogens (tertiary/aromatic N) is 1. The van der Waals surface area contributed by atoms with Gasteiger partial charge in [0.1, 0.15) is 8.96 Å². The second kappa shape index (κ2) is 4.26. The zero-order valence-corrected chi connectivity index (χ0v) is 9.29. The first kappa shape index (κ1) is 9.27. The molecule has 0 aliphatic carbocycles. The summed E-state index contributed by atoms with van der Waals surface area (Å²) >= 11 is 0. The molecule has 66 valence electrons. The minimum absolute atomic E-state index is 0.523. The average Bonchev–Trinajstić information content (AvgIpc) is 2.05. The van der Waals surface area contributed by atoms with Crippen LogP contribution >= 0.6 is 0 Å². The molecule has 11 heavy (non-hydrogen) atoms. The van der Waals surface area contributed by atoms with Crippen molar-refractivity contribution in [1.82, 2.24) is 4.57 Å². The Kier molecular flexibility index (Phi) is 3.59. The van der Waals surface area contributed by atoms with Crippen molar-refractivity contribution in [2.45, 2.75) is 45.2 Å². The molecule has 0 saturated carbocycles. The van der Waals surface area contributed by atoms with Crippen LogP contribution in [0.4, 0.5) is 0 Å². The second-order valence-electron chi connectivity index (χ2n) is 4.08. The van der Waals surface area contributed by atoms with Gasteiger partial charge in [-0.1, -0.05) is 26.8 Å². The molecule has 0 spiro atoms. The molecule has 0 N–H and O–H groups in total. The lowest BCUT2D eigenvalue weighted by Crippen LogP contribution is -2.42. The van der Waals surface area contributed by atoms with Crippen LogP contribution in [0.15, 0.2) is 0 Å². The van der Waals surface area contributed by atoms with Gasteiger partial charge in [0.2, 0.25) is 0 Å². The SMILES string of the molecule is CC(C)[SiH](C)N1CCCCC1. The summed E-state index contributed by atoms with van der Waals surface area (Å²) in [6.07, 6.45) is 4.36. The first-order valence-electron chi connectivity index (χ1n) is 4.96. The third kappa shape index (κ3) is 2.60. The Bertz CT molecular complexity index is 108. The first-order valence-corrected chi connectivity index (χ1v) is 7.29. The zero-order valence-electron chi connectivity index (χ0n) is 8.14. The highest BCUT2D eigenvalue weighted by Crippen LogP contribution is 2.17. The van der Waals surface area contributed by atoms with Crippen molar-refractivity contribution in [3.8, 4) is 0 Å². The van der Waals surface area contributed by atoms with Crippen LogP contribution in [0.1, 0.15) is 33.1 Å². The van der Waals surface area contributed by atoms with E-state index >= 15 is 0 Å². The van der Waals surface area contributed by atoms with Crippen LogP contribution in [0.5, 0.6) is 0 Å². The standard InChI is InChI=1S/C9H21NSi/c1-9(2)11(3)10-7-5-4-6-8-10/h9,11H,4-8H2,1-3H3. The summed E-state index contributed by atoms with van der Waals surface area (Å²) in [5.41, 5.74) is 0.952. The highest BCUT2D eigenvalue weighted by molar-refractivity contribution is 6.55. The maximum absolute atomic E-state index is 2.77. The Labute approximate surface area is 72.5 Å². The highest BCUT2D eigenvalue weighted by atomic mass is 28.3. The van der Waals surface area contributed by atoms with Crippen molar-refractivity contribution in [2.24, 2.45) is 0 Å². The Morgan fingerprint density at radius 1 is 1.09 bits per heavy atom. The van der Waals surface area contributed by atoms with Crippen molar-refractivity contribution in [2.75, 3.05) is 13.1 Å². The molecule has 1 fully saturated rings. The molecule has 0 bridgehead atoms. The van der Waals surface area contributed by atoms with E-state index in [-0.39, 0.29) is 0 Å². The van der Waals surface area contributed by atoms with E-state index in [1.54, 1.807) is 0 Å². The maximum Gasteiger partial charge on any atom is 0.111 e. The number of hydrogen-bond acceptors (Lipinski definition) is 1. The van der Waals surface area contributed by atoms with Gasteiger partial charge in [-0.2, -0.15) is 0 Å². The summed E-state index contributed by atoms with van der Waals surface area (Å²) in [5, 5.41) is 0. The van der Waals surface area contributed by atoms with Gasteiger partial charge in [-0.05, 0) is 31.5 Å². The minimum atomic E-state index is -0.523. The Morgan fingerprint density at radius 2 is 1.64 bits per heavy atom. The smallest absolute Gasteiger partial charge is 0.111 e. The molecule has 1 nitrogen and oxygen atoms in total. The van der Waals surface area contributed by atoms with Crippen molar-refractivity contribution in [3.63, 3.8) is 0 Å². The van der Waals surface area contributed by atoms with Crippen molar-refractivity contribution >= 4 is 8.96 Å². The van der Waals surface area contributed by atoms with Gasteiger partial charge in [0, 0.05) is 0 Å². The molecule has 1 aliphatic rings. The van der Waals surface area contributed by atoms with Gasteiger partial charge in [0.25, 0.3) is 0 Å². The van der Waals surface area contributed by atoms with Gasteiger partial charge in [-0.15, -0.1) is 0 Å². The van der Waals surface area contributed by atoms with Gasteiger partial charge in [-0.3, -0.25) is 0 Å². The lowest BCUT2D eigenvalue weighted by atomic mass is 10.2. The number of piperidine rings is 1. The van der Waals surface area contributed by atoms with E-state index in [1.165, 1.54) is 32.4 Å². The Hall–Kier alpha value is 0.177. The highest BCUT2D eigenvalue weighted by Gasteiger charge is 2.19. The van der Waals surface area contributed by atoms with Gasteiger partial charge < -0.3 is 4.57 Å². The average molecular weight is 171 g/mol. The molecule has 1 atom stereocenters. The van der Waals surface area contributed by atoms with Crippen LogP contribution in [0.3, 0.4) is 0 Å². The Balaban J connectivity index is 2.32. The Morgan fingerprint density at radius 3 is 2.09 bits per heavy atom. The van der Waals surface area contributed by atoms with Crippen molar-refractivity contribution < 1.29 is 0 Å². The first-order chi connectivity index (χ1) is 5.22. The van der Waals surface area contributed by atoms with Crippen LogP contribution in [0.25, 0.3) is 0 Å². The van der Waals surface area contributed by atoms with E-state index in [4.69, 9.17) is 0 Å². The zero-order chi connectivity index (χ0) is 8.27. The molecule has 0 radical (unpaired) electrons. The lowest BCUT2D eigenvalue weighted by Gasteiger charge is -2.33. The molecule has 2 heteroatoms. The fourth-order valence-corrected chi connectivity index (χ4v) is 3.77. The monoisotopic (exact) mass is 171 g/mol. The van der Waals surface area contributed by atoms with Crippen molar-refractivity contribution in [1.29, 1.82) is 0 Å². The number of rotatable bonds is 2. The van der Waals surface area contributed by atoms with E-state index < -0.39 is 8.96 Å². The predicted molar refractivity (Wildman–Crippen MR) is 53.5 cm³/mol. The topological polar surface area (TPSA) is 3.24 Å². The summed E-state index contributed by atoms with van der Waals surface area (Å²) in [4.78, 5) is 0. The fourth-order valence-electron chi connectivity index (χ4n) is 1.75. The van der Waals surface area contributed by atoms with Crippen LogP contribution in [-0.2, 0) is 0 Å². The molecule has 1 heterocycles. The fraction of sp³-hybridized carbons (Fsp3) is 1.00. The van der Waals surface area contributed by atoms with E-state index in [1.807, 2.05) is 0 Å². The summed E-state index contributed by atoms with van der Waals surface area (Å²) in [6.45, 7) is 10.0. The number of hydrogen-bond donors (Lipinski definition) is 0. The molecule has 0 aromatic carbocycles. The quantitative estimate of drug-likeness (QED) is 0.576. The largest absolute Gasteiger partial charge is 0.326 e. The molecule has 1 rings (SSSR count). The molecule has 1 unspecified atom stereocenters. The normalized spacial score (nSPS) is 24.0. The van der Waals surface area contributed by atoms with E-state index in [9.17, 15) is 0 Å². The molecule has 1 saturated heterocycles. The maximum atomic E-state index is 2.77. The molecule has 0 amide bonds. The summed E-state index contributed by atoms with van der Waals surface area (Å²) in [6, 6.07) is 0.